The Kier molecular flexibility index (Phi) is 8.21. The summed E-state index contributed by atoms with van der Waals surface area (Å²) in [6.45, 7) is 0. The number of furan rings is 1. The van der Waals surface area contributed by atoms with E-state index in [1.807, 2.05) is 24.3 Å². The number of fused-ring (bicyclic) bond motifs is 11. The lowest BCUT2D eigenvalue weighted by atomic mass is 9.95. The highest BCUT2D eigenvalue weighted by Crippen LogP contribution is 2.43. The van der Waals surface area contributed by atoms with Crippen molar-refractivity contribution >= 4 is 76.3 Å². The number of aromatic nitrogens is 4. The fraction of sp³-hybridized carbons (Fsp3) is 0. The summed E-state index contributed by atoms with van der Waals surface area (Å²) in [5.74, 6) is 1.50. The van der Waals surface area contributed by atoms with Crippen LogP contribution in [0.3, 0.4) is 0 Å². The van der Waals surface area contributed by atoms with Gasteiger partial charge in [0.05, 0.1) is 27.8 Å². The zero-order valence-electron chi connectivity index (χ0n) is 36.1. The maximum atomic E-state index is 6.64. The Bertz CT molecular complexity index is 4200. The molecule has 14 rings (SSSR count). The minimum atomic E-state index is 0.682. The molecule has 0 radical (unpaired) electrons. The van der Waals surface area contributed by atoms with Gasteiger partial charge in [0.15, 0.2) is 5.82 Å². The molecule has 67 heavy (non-hydrogen) atoms. The van der Waals surface area contributed by atoms with E-state index in [9.17, 15) is 0 Å². The number of hydrogen-bond acceptors (Lipinski definition) is 3. The second-order valence-electron chi connectivity index (χ2n) is 17.3. The van der Waals surface area contributed by atoms with Crippen molar-refractivity contribution in [3.05, 3.63) is 231 Å². The van der Waals surface area contributed by atoms with Gasteiger partial charge in [0.2, 0.25) is 0 Å². The fourth-order valence-corrected chi connectivity index (χ4v) is 10.5. The molecule has 0 saturated carbocycles. The van der Waals surface area contributed by atoms with Crippen molar-refractivity contribution in [2.75, 3.05) is 0 Å². The van der Waals surface area contributed by atoms with Gasteiger partial charge in [-0.2, -0.15) is 0 Å². The van der Waals surface area contributed by atoms with E-state index in [-0.39, 0.29) is 0 Å². The summed E-state index contributed by atoms with van der Waals surface area (Å²) in [5.41, 5.74) is 14.8. The van der Waals surface area contributed by atoms with Gasteiger partial charge in [-0.3, -0.25) is 4.57 Å². The van der Waals surface area contributed by atoms with Crippen molar-refractivity contribution in [3.8, 4) is 56.4 Å². The highest BCUT2D eigenvalue weighted by Gasteiger charge is 2.21. The summed E-state index contributed by atoms with van der Waals surface area (Å²) in [6, 6.07) is 82.0. The van der Waals surface area contributed by atoms with E-state index in [4.69, 9.17) is 14.4 Å². The molecule has 4 heterocycles. The van der Waals surface area contributed by atoms with Crippen molar-refractivity contribution in [2.24, 2.45) is 0 Å². The smallest absolute Gasteiger partial charge is 0.162 e. The van der Waals surface area contributed by atoms with Gasteiger partial charge in [-0.25, -0.2) is 9.97 Å². The second-order valence-corrected chi connectivity index (χ2v) is 17.3. The third kappa shape index (κ3) is 5.88. The van der Waals surface area contributed by atoms with Crippen LogP contribution < -0.4 is 0 Å². The minimum absolute atomic E-state index is 0.682. The standard InChI is InChI=1S/C62H38N4O/c1-4-16-40(17-5-1)52-38-59(64-62(63-52)41-18-6-2-7-19-41)66-53-25-13-12-23-48(53)49-31-27-43(37-56(49)66)42-30-34-57-51(35-42)61-47(24-14-26-58(61)67-57)44-29-32-54-50(36-44)60-46-22-11-10-15-39(46)28-33-55(60)65(54)45-20-8-3-9-21-45/h1-38H. The van der Waals surface area contributed by atoms with Crippen LogP contribution in [0.4, 0.5) is 0 Å². The summed E-state index contributed by atoms with van der Waals surface area (Å²) in [6.07, 6.45) is 0. The fourth-order valence-electron chi connectivity index (χ4n) is 10.5. The Morgan fingerprint density at radius 3 is 1.84 bits per heavy atom. The largest absolute Gasteiger partial charge is 0.456 e. The zero-order chi connectivity index (χ0) is 44.0. The van der Waals surface area contributed by atoms with Crippen LogP contribution in [0.5, 0.6) is 0 Å². The van der Waals surface area contributed by atoms with Crippen LogP contribution in [-0.2, 0) is 0 Å². The van der Waals surface area contributed by atoms with Crippen LogP contribution >= 0.6 is 0 Å². The van der Waals surface area contributed by atoms with Crippen molar-refractivity contribution < 1.29 is 4.42 Å². The van der Waals surface area contributed by atoms with E-state index in [1.165, 1.54) is 38.0 Å². The Labute approximate surface area is 385 Å². The summed E-state index contributed by atoms with van der Waals surface area (Å²) in [7, 11) is 0. The molecule has 0 atom stereocenters. The van der Waals surface area contributed by atoms with Gasteiger partial charge in [0.25, 0.3) is 0 Å². The van der Waals surface area contributed by atoms with E-state index >= 15 is 0 Å². The Hall–Kier alpha value is -9.06. The van der Waals surface area contributed by atoms with Gasteiger partial charge in [-0.15, -0.1) is 0 Å². The predicted molar refractivity (Wildman–Crippen MR) is 277 cm³/mol. The molecule has 0 saturated heterocycles. The molecule has 10 aromatic carbocycles. The van der Waals surface area contributed by atoms with Crippen LogP contribution in [-0.4, -0.2) is 19.1 Å². The lowest BCUT2D eigenvalue weighted by molar-refractivity contribution is 0.669. The van der Waals surface area contributed by atoms with E-state index in [0.717, 1.165) is 88.9 Å². The van der Waals surface area contributed by atoms with Crippen molar-refractivity contribution in [1.29, 1.82) is 0 Å². The molecule has 4 aromatic heterocycles. The molecule has 0 spiro atoms. The first kappa shape index (κ1) is 37.3. The van der Waals surface area contributed by atoms with Gasteiger partial charge in [-0.05, 0) is 93.7 Å². The average molecular weight is 855 g/mol. The van der Waals surface area contributed by atoms with Crippen molar-refractivity contribution in [3.63, 3.8) is 0 Å². The van der Waals surface area contributed by atoms with E-state index in [2.05, 4.69) is 215 Å². The first-order valence-electron chi connectivity index (χ1n) is 22.7. The first-order chi connectivity index (χ1) is 33.2. The molecule has 0 amide bonds. The molecular weight excluding hydrogens is 817 g/mol. The van der Waals surface area contributed by atoms with Gasteiger partial charge >= 0.3 is 0 Å². The molecule has 0 fully saturated rings. The topological polar surface area (TPSA) is 48.8 Å². The third-order valence-electron chi connectivity index (χ3n) is 13.5. The SMILES string of the molecule is c1ccc(-c2cc(-n3c4ccccc4c4ccc(-c5ccc6oc7cccc(-c8ccc9c(c8)c8c%10ccccc%10ccc8n9-c8ccccc8)c7c6c5)cc43)nc(-c3ccccc3)n2)cc1. The number of hydrogen-bond donors (Lipinski definition) is 0. The quantitative estimate of drug-likeness (QED) is 0.167. The Morgan fingerprint density at radius 1 is 0.328 bits per heavy atom. The third-order valence-corrected chi connectivity index (χ3v) is 13.5. The van der Waals surface area contributed by atoms with Crippen LogP contribution in [0, 0.1) is 0 Å². The summed E-state index contributed by atoms with van der Waals surface area (Å²) < 4.78 is 11.3. The maximum absolute atomic E-state index is 6.64. The molecule has 0 bridgehead atoms. The maximum Gasteiger partial charge on any atom is 0.162 e. The number of nitrogens with zero attached hydrogens (tertiary/aromatic N) is 4. The van der Waals surface area contributed by atoms with Gasteiger partial charge < -0.3 is 8.98 Å². The molecular formula is C62H38N4O. The Balaban J connectivity index is 0.954. The molecule has 0 aliphatic heterocycles. The number of benzene rings is 10. The number of para-hydroxylation sites is 2. The van der Waals surface area contributed by atoms with E-state index < -0.39 is 0 Å². The summed E-state index contributed by atoms with van der Waals surface area (Å²) in [5, 5.41) is 9.47. The van der Waals surface area contributed by atoms with Crippen molar-refractivity contribution in [1.82, 2.24) is 19.1 Å². The summed E-state index contributed by atoms with van der Waals surface area (Å²) >= 11 is 0. The van der Waals surface area contributed by atoms with Gasteiger partial charge in [0, 0.05) is 55.2 Å². The van der Waals surface area contributed by atoms with Gasteiger partial charge in [-0.1, -0.05) is 164 Å². The van der Waals surface area contributed by atoms with Crippen LogP contribution in [0.2, 0.25) is 0 Å². The minimum Gasteiger partial charge on any atom is -0.456 e. The van der Waals surface area contributed by atoms with Crippen LogP contribution in [0.15, 0.2) is 235 Å². The molecule has 0 aliphatic rings. The summed E-state index contributed by atoms with van der Waals surface area (Å²) in [4.78, 5) is 10.4. The highest BCUT2D eigenvalue weighted by atomic mass is 16.3. The molecule has 0 N–H and O–H groups in total. The van der Waals surface area contributed by atoms with Crippen LogP contribution in [0.1, 0.15) is 0 Å². The monoisotopic (exact) mass is 854 g/mol. The molecule has 14 aromatic rings. The predicted octanol–water partition coefficient (Wildman–Crippen LogP) is 16.4. The lowest BCUT2D eigenvalue weighted by Crippen LogP contribution is -2.02. The normalized spacial score (nSPS) is 11.9. The zero-order valence-corrected chi connectivity index (χ0v) is 36.1. The molecule has 312 valence electrons. The second kappa shape index (κ2) is 14.7. The number of rotatable bonds is 6. The van der Waals surface area contributed by atoms with E-state index in [1.54, 1.807) is 0 Å². The molecule has 5 heteroatoms. The van der Waals surface area contributed by atoms with Crippen LogP contribution in [0.25, 0.3) is 133 Å². The lowest BCUT2D eigenvalue weighted by Gasteiger charge is -2.12. The van der Waals surface area contributed by atoms with Crippen molar-refractivity contribution in [2.45, 2.75) is 0 Å². The Morgan fingerprint density at radius 2 is 0.985 bits per heavy atom. The molecule has 0 aliphatic carbocycles. The average Bonchev–Trinajstić information content (AvgIpc) is 4.06. The molecule has 0 unspecified atom stereocenters. The molecule has 5 nitrogen and oxygen atoms in total. The van der Waals surface area contributed by atoms with E-state index in [0.29, 0.717) is 5.82 Å². The first-order valence-corrected chi connectivity index (χ1v) is 22.7. The van der Waals surface area contributed by atoms with Gasteiger partial charge in [0.1, 0.15) is 17.0 Å². The highest BCUT2D eigenvalue weighted by molar-refractivity contribution is 6.23.